The van der Waals surface area contributed by atoms with Gasteiger partial charge in [0.05, 0.1) is 12.2 Å². The number of hydrogen-bond donors (Lipinski definition) is 2. The predicted molar refractivity (Wildman–Crippen MR) is 138 cm³/mol. The quantitative estimate of drug-likeness (QED) is 0.472. The largest absolute Gasteiger partial charge is 0.366 e. The standard InChI is InChI=1S/C27H33FN6O2/c1-3-33(4-2)27(36)19-5-8-21(9-6-19)34(24-17-20(26(29)35)7-10-23(24)28)22-11-15-32(16-12-22)18-25-30-13-14-31-25/h5-10,13-14,17,22H,3-4,11-12,15-16,18H2,1-2H3,(H2,29,35)(H,30,31). The number of imidazole rings is 1. The van der Waals surface area contributed by atoms with Crippen LogP contribution >= 0.6 is 0 Å². The zero-order chi connectivity index (χ0) is 25.7. The fourth-order valence-electron chi connectivity index (χ4n) is 4.79. The number of benzene rings is 2. The second-order valence-corrected chi connectivity index (χ2v) is 8.97. The maximum Gasteiger partial charge on any atom is 0.253 e. The van der Waals surface area contributed by atoms with E-state index in [-0.39, 0.29) is 17.5 Å². The van der Waals surface area contributed by atoms with Gasteiger partial charge in [0.15, 0.2) is 0 Å². The summed E-state index contributed by atoms with van der Waals surface area (Å²) >= 11 is 0. The van der Waals surface area contributed by atoms with E-state index in [0.717, 1.165) is 44.0 Å². The summed E-state index contributed by atoms with van der Waals surface area (Å²) < 4.78 is 15.2. The molecule has 1 fully saturated rings. The minimum absolute atomic E-state index is 0.000175. The molecule has 3 N–H and O–H groups in total. The average molecular weight is 493 g/mol. The number of H-pyrrole nitrogens is 1. The Morgan fingerprint density at radius 1 is 1.08 bits per heavy atom. The van der Waals surface area contributed by atoms with Crippen LogP contribution in [0.4, 0.5) is 15.8 Å². The van der Waals surface area contributed by atoms with Gasteiger partial charge in [0.1, 0.15) is 11.6 Å². The van der Waals surface area contributed by atoms with Crippen molar-refractivity contribution in [3.63, 3.8) is 0 Å². The molecule has 0 unspecified atom stereocenters. The molecule has 36 heavy (non-hydrogen) atoms. The fourth-order valence-corrected chi connectivity index (χ4v) is 4.79. The van der Waals surface area contributed by atoms with Gasteiger partial charge in [-0.3, -0.25) is 14.5 Å². The number of nitrogens with two attached hydrogens (primary N) is 1. The van der Waals surface area contributed by atoms with Crippen molar-refractivity contribution in [1.29, 1.82) is 0 Å². The number of anilines is 2. The van der Waals surface area contributed by atoms with Gasteiger partial charge in [-0.15, -0.1) is 0 Å². The van der Waals surface area contributed by atoms with E-state index in [1.54, 1.807) is 23.2 Å². The lowest BCUT2D eigenvalue weighted by molar-refractivity contribution is 0.0772. The number of rotatable bonds is 9. The Kier molecular flexibility index (Phi) is 8.00. The molecule has 0 saturated carbocycles. The number of nitrogens with zero attached hydrogens (tertiary/aromatic N) is 4. The summed E-state index contributed by atoms with van der Waals surface area (Å²) in [5.41, 5.74) is 7.40. The van der Waals surface area contributed by atoms with E-state index in [9.17, 15) is 9.59 Å². The minimum atomic E-state index is -0.607. The number of likely N-dealkylation sites (tertiary alicyclic amines) is 1. The average Bonchev–Trinajstić information content (AvgIpc) is 3.40. The Labute approximate surface area is 210 Å². The molecule has 190 valence electrons. The molecule has 1 saturated heterocycles. The Balaban J connectivity index is 1.63. The zero-order valence-electron chi connectivity index (χ0n) is 20.8. The van der Waals surface area contributed by atoms with Gasteiger partial charge < -0.3 is 20.5 Å². The van der Waals surface area contributed by atoms with Crippen LogP contribution in [0.25, 0.3) is 0 Å². The van der Waals surface area contributed by atoms with Gasteiger partial charge in [-0.05, 0) is 69.2 Å². The molecular formula is C27H33FN6O2. The van der Waals surface area contributed by atoms with Gasteiger partial charge in [-0.2, -0.15) is 0 Å². The second-order valence-electron chi connectivity index (χ2n) is 8.97. The molecule has 2 amide bonds. The van der Waals surface area contributed by atoms with Crippen LogP contribution in [0.15, 0.2) is 54.9 Å². The molecule has 0 aliphatic carbocycles. The molecule has 1 aromatic heterocycles. The van der Waals surface area contributed by atoms with E-state index < -0.39 is 11.7 Å². The summed E-state index contributed by atoms with van der Waals surface area (Å²) in [6.45, 7) is 7.52. The van der Waals surface area contributed by atoms with Crippen LogP contribution in [0.1, 0.15) is 53.2 Å². The molecule has 1 aliphatic heterocycles. The first-order valence-electron chi connectivity index (χ1n) is 12.4. The lowest BCUT2D eigenvalue weighted by atomic mass is 10.00. The van der Waals surface area contributed by atoms with E-state index in [4.69, 9.17) is 5.73 Å². The molecule has 0 spiro atoms. The molecule has 0 radical (unpaired) electrons. The van der Waals surface area contributed by atoms with Gasteiger partial charge in [-0.1, -0.05) is 0 Å². The summed E-state index contributed by atoms with van der Waals surface area (Å²) in [7, 11) is 0. The molecule has 0 bridgehead atoms. The highest BCUT2D eigenvalue weighted by Crippen LogP contribution is 2.35. The summed E-state index contributed by atoms with van der Waals surface area (Å²) in [5, 5.41) is 0. The number of amides is 2. The number of halogens is 1. The minimum Gasteiger partial charge on any atom is -0.366 e. The zero-order valence-corrected chi connectivity index (χ0v) is 20.8. The summed E-state index contributed by atoms with van der Waals surface area (Å²) in [5.74, 6) is -0.156. The van der Waals surface area contributed by atoms with Crippen molar-refractivity contribution in [3.8, 4) is 0 Å². The lowest BCUT2D eigenvalue weighted by Crippen LogP contribution is -2.43. The molecule has 9 heteroatoms. The van der Waals surface area contributed by atoms with E-state index in [1.165, 1.54) is 18.2 Å². The highest BCUT2D eigenvalue weighted by Gasteiger charge is 2.29. The van der Waals surface area contributed by atoms with Gasteiger partial charge in [0.2, 0.25) is 5.91 Å². The Morgan fingerprint density at radius 2 is 1.75 bits per heavy atom. The highest BCUT2D eigenvalue weighted by molar-refractivity contribution is 5.95. The van der Waals surface area contributed by atoms with Crippen molar-refractivity contribution >= 4 is 23.2 Å². The first kappa shape index (κ1) is 25.4. The maximum absolute atomic E-state index is 15.2. The normalized spacial score (nSPS) is 14.5. The smallest absolute Gasteiger partial charge is 0.253 e. The topological polar surface area (TPSA) is 98.6 Å². The number of carbonyl (C=O) groups is 2. The third-order valence-electron chi connectivity index (χ3n) is 6.78. The third-order valence-corrected chi connectivity index (χ3v) is 6.78. The summed E-state index contributed by atoms with van der Waals surface area (Å²) in [4.78, 5) is 38.1. The monoisotopic (exact) mass is 492 g/mol. The van der Waals surface area contributed by atoms with E-state index in [1.807, 2.05) is 37.1 Å². The second kappa shape index (κ2) is 11.3. The van der Waals surface area contributed by atoms with Crippen molar-refractivity contribution in [2.75, 3.05) is 31.1 Å². The van der Waals surface area contributed by atoms with Crippen molar-refractivity contribution in [1.82, 2.24) is 19.8 Å². The number of nitrogens with one attached hydrogen (secondary N) is 1. The third kappa shape index (κ3) is 5.57. The molecule has 2 heterocycles. The number of primary amides is 1. The number of aromatic nitrogens is 2. The van der Waals surface area contributed by atoms with Crippen LogP contribution < -0.4 is 10.6 Å². The van der Waals surface area contributed by atoms with Crippen LogP contribution in [0.5, 0.6) is 0 Å². The number of aromatic amines is 1. The van der Waals surface area contributed by atoms with Gasteiger partial charge in [-0.25, -0.2) is 9.37 Å². The van der Waals surface area contributed by atoms with Crippen molar-refractivity contribution in [3.05, 3.63) is 77.6 Å². The number of piperidine rings is 1. The van der Waals surface area contributed by atoms with Crippen LogP contribution in [0.3, 0.4) is 0 Å². The number of hydrogen-bond acceptors (Lipinski definition) is 5. The van der Waals surface area contributed by atoms with E-state index >= 15 is 4.39 Å². The van der Waals surface area contributed by atoms with Crippen LogP contribution in [0.2, 0.25) is 0 Å². The van der Waals surface area contributed by atoms with Crippen molar-refractivity contribution < 1.29 is 14.0 Å². The Morgan fingerprint density at radius 3 is 2.33 bits per heavy atom. The lowest BCUT2D eigenvalue weighted by Gasteiger charge is -2.40. The van der Waals surface area contributed by atoms with Gasteiger partial charge >= 0.3 is 0 Å². The maximum atomic E-state index is 15.2. The van der Waals surface area contributed by atoms with Crippen LogP contribution in [0, 0.1) is 5.82 Å². The SMILES string of the molecule is CCN(CC)C(=O)c1ccc(N(c2cc(C(N)=O)ccc2F)C2CCN(Cc3ncc[nH]3)CC2)cc1. The summed E-state index contributed by atoms with van der Waals surface area (Å²) in [6.07, 6.45) is 5.14. The molecule has 1 aliphatic rings. The fraction of sp³-hybridized carbons (Fsp3) is 0.370. The molecule has 2 aromatic carbocycles. The number of carbonyl (C=O) groups excluding carboxylic acids is 2. The first-order valence-corrected chi connectivity index (χ1v) is 12.4. The molecule has 4 rings (SSSR count). The predicted octanol–water partition coefficient (Wildman–Crippen LogP) is 3.93. The van der Waals surface area contributed by atoms with Gasteiger partial charge in [0.25, 0.3) is 5.91 Å². The van der Waals surface area contributed by atoms with E-state index in [0.29, 0.717) is 24.3 Å². The molecule has 0 atom stereocenters. The van der Waals surface area contributed by atoms with Gasteiger partial charge in [0, 0.05) is 61.4 Å². The first-order chi connectivity index (χ1) is 17.4. The van der Waals surface area contributed by atoms with Crippen molar-refractivity contribution in [2.45, 2.75) is 39.3 Å². The molecule has 8 nitrogen and oxygen atoms in total. The van der Waals surface area contributed by atoms with Crippen LogP contribution in [-0.4, -0.2) is 63.8 Å². The molecular weight excluding hydrogens is 459 g/mol. The molecule has 3 aromatic rings. The highest BCUT2D eigenvalue weighted by atomic mass is 19.1. The van der Waals surface area contributed by atoms with Crippen LogP contribution in [-0.2, 0) is 6.54 Å². The van der Waals surface area contributed by atoms with Crippen molar-refractivity contribution in [2.24, 2.45) is 5.73 Å². The van der Waals surface area contributed by atoms with E-state index in [2.05, 4.69) is 14.9 Å². The Bertz CT molecular complexity index is 1170. The summed E-state index contributed by atoms with van der Waals surface area (Å²) in [6, 6.07) is 11.5. The Hall–Kier alpha value is -3.72.